The molecule has 0 saturated heterocycles. The van der Waals surface area contributed by atoms with Crippen LogP contribution in [0.1, 0.15) is 13.3 Å². The third kappa shape index (κ3) is 4.51. The molecule has 2 atom stereocenters. The molecule has 74 valence electrons. The number of nitrogens with two attached hydrogens (primary N) is 1. The number of aliphatic hydroxyl groups excluding tert-OH is 1. The molecule has 0 saturated carbocycles. The van der Waals surface area contributed by atoms with Gasteiger partial charge in [0.2, 0.25) is 5.91 Å². The molecule has 0 aromatic carbocycles. The van der Waals surface area contributed by atoms with Gasteiger partial charge in [0.05, 0.1) is 12.1 Å². The van der Waals surface area contributed by atoms with Crippen molar-refractivity contribution in [1.29, 1.82) is 0 Å². The fraction of sp³-hybridized carbons (Fsp3) is 0.667. The lowest BCUT2D eigenvalue weighted by molar-refractivity contribution is -0.132. The van der Waals surface area contributed by atoms with Crippen molar-refractivity contribution in [1.82, 2.24) is 4.90 Å². The molecule has 0 fully saturated rings. The number of rotatable bonds is 4. The van der Waals surface area contributed by atoms with E-state index in [1.807, 2.05) is 0 Å². The minimum atomic E-state index is -0.659. The summed E-state index contributed by atoms with van der Waals surface area (Å²) in [6.45, 7) is 1.88. The lowest BCUT2D eigenvalue weighted by atomic mass is 10.2. The van der Waals surface area contributed by atoms with Crippen LogP contribution in [0.4, 0.5) is 0 Å². The molecule has 0 spiro atoms. The highest BCUT2D eigenvalue weighted by molar-refractivity contribution is 5.81. The number of carbonyl (C=O) groups is 1. The fourth-order valence-electron chi connectivity index (χ4n) is 0.984. The van der Waals surface area contributed by atoms with Gasteiger partial charge in [0.1, 0.15) is 0 Å². The minimum absolute atomic E-state index is 0.225. The molecule has 0 radical (unpaired) electrons. The van der Waals surface area contributed by atoms with Crippen LogP contribution < -0.4 is 5.73 Å². The second-order valence-corrected chi connectivity index (χ2v) is 3.08. The molecular formula is C9H16N2O2. The Morgan fingerprint density at radius 2 is 2.31 bits per heavy atom. The van der Waals surface area contributed by atoms with Crippen molar-refractivity contribution in [2.75, 3.05) is 13.6 Å². The van der Waals surface area contributed by atoms with Crippen molar-refractivity contribution in [2.45, 2.75) is 25.5 Å². The third-order valence-corrected chi connectivity index (χ3v) is 1.57. The quantitative estimate of drug-likeness (QED) is 0.561. The molecule has 2 unspecified atom stereocenters. The Balaban J connectivity index is 4.03. The number of terminal acetylenes is 1. The molecule has 13 heavy (non-hydrogen) atoms. The van der Waals surface area contributed by atoms with Crippen LogP contribution in [-0.4, -0.2) is 41.7 Å². The number of likely N-dealkylation sites (N-methyl/N-ethyl adjacent to an activating group) is 1. The standard InChI is InChI=1S/C9H16N2O2/c1-4-5-8(10)9(13)11(3)6-7(2)12/h1,7-8,12H,5-6,10H2,2-3H3. The maximum Gasteiger partial charge on any atom is 0.240 e. The number of amides is 1. The Labute approximate surface area is 78.7 Å². The van der Waals surface area contributed by atoms with E-state index < -0.39 is 12.1 Å². The molecule has 0 aromatic rings. The summed E-state index contributed by atoms with van der Waals surface area (Å²) in [4.78, 5) is 12.7. The highest BCUT2D eigenvalue weighted by Crippen LogP contribution is 1.95. The van der Waals surface area contributed by atoms with Crippen LogP contribution in [-0.2, 0) is 4.79 Å². The summed E-state index contributed by atoms with van der Waals surface area (Å²) in [6.07, 6.45) is 4.69. The van der Waals surface area contributed by atoms with E-state index in [4.69, 9.17) is 17.3 Å². The van der Waals surface area contributed by atoms with Crippen LogP contribution in [0.25, 0.3) is 0 Å². The van der Waals surface area contributed by atoms with Crippen molar-refractivity contribution in [2.24, 2.45) is 5.73 Å². The zero-order chi connectivity index (χ0) is 10.4. The first-order valence-corrected chi connectivity index (χ1v) is 4.11. The van der Waals surface area contributed by atoms with Gasteiger partial charge in [-0.1, -0.05) is 0 Å². The summed E-state index contributed by atoms with van der Waals surface area (Å²) in [7, 11) is 1.59. The van der Waals surface area contributed by atoms with E-state index in [1.165, 1.54) is 4.90 Å². The van der Waals surface area contributed by atoms with Crippen LogP contribution in [0.15, 0.2) is 0 Å². The molecule has 0 bridgehead atoms. The van der Waals surface area contributed by atoms with Gasteiger partial charge in [-0.15, -0.1) is 12.3 Å². The maximum atomic E-state index is 11.4. The van der Waals surface area contributed by atoms with Crippen molar-refractivity contribution >= 4 is 5.91 Å². The smallest absolute Gasteiger partial charge is 0.240 e. The van der Waals surface area contributed by atoms with Gasteiger partial charge in [0, 0.05) is 20.0 Å². The van der Waals surface area contributed by atoms with E-state index in [1.54, 1.807) is 14.0 Å². The molecule has 0 aliphatic heterocycles. The molecule has 0 aliphatic rings. The average Bonchev–Trinajstić information content (AvgIpc) is 2.02. The maximum absolute atomic E-state index is 11.4. The van der Waals surface area contributed by atoms with Crippen LogP contribution in [0.3, 0.4) is 0 Å². The fourth-order valence-corrected chi connectivity index (χ4v) is 0.984. The molecule has 1 amide bonds. The Hall–Kier alpha value is -1.05. The predicted molar refractivity (Wildman–Crippen MR) is 50.7 cm³/mol. The summed E-state index contributed by atoms with van der Waals surface area (Å²) in [5.41, 5.74) is 5.49. The van der Waals surface area contributed by atoms with Gasteiger partial charge in [-0.3, -0.25) is 4.79 Å². The number of aliphatic hydroxyl groups is 1. The van der Waals surface area contributed by atoms with E-state index in [0.717, 1.165) is 0 Å². The largest absolute Gasteiger partial charge is 0.392 e. The van der Waals surface area contributed by atoms with Crippen LogP contribution >= 0.6 is 0 Å². The Morgan fingerprint density at radius 1 is 1.77 bits per heavy atom. The lowest BCUT2D eigenvalue weighted by Gasteiger charge is -2.21. The van der Waals surface area contributed by atoms with Gasteiger partial charge in [0.25, 0.3) is 0 Å². The normalized spacial score (nSPS) is 14.4. The van der Waals surface area contributed by atoms with Gasteiger partial charge in [-0.2, -0.15) is 0 Å². The van der Waals surface area contributed by atoms with Crippen molar-refractivity contribution < 1.29 is 9.90 Å². The first kappa shape index (κ1) is 11.9. The van der Waals surface area contributed by atoms with E-state index in [0.29, 0.717) is 0 Å². The van der Waals surface area contributed by atoms with Crippen LogP contribution in [0.2, 0.25) is 0 Å². The number of nitrogens with zero attached hydrogens (tertiary/aromatic N) is 1. The molecule has 0 heterocycles. The summed E-state index contributed by atoms with van der Waals surface area (Å²) in [5.74, 6) is 2.08. The minimum Gasteiger partial charge on any atom is -0.392 e. The highest BCUT2D eigenvalue weighted by atomic mass is 16.3. The van der Waals surface area contributed by atoms with Crippen LogP contribution in [0, 0.1) is 12.3 Å². The van der Waals surface area contributed by atoms with E-state index in [2.05, 4.69) is 5.92 Å². The molecule has 0 aliphatic carbocycles. The molecule has 0 aromatic heterocycles. The summed E-state index contributed by atoms with van der Waals surface area (Å²) < 4.78 is 0. The third-order valence-electron chi connectivity index (χ3n) is 1.57. The zero-order valence-corrected chi connectivity index (χ0v) is 8.03. The first-order valence-electron chi connectivity index (χ1n) is 4.11. The molecule has 0 rings (SSSR count). The van der Waals surface area contributed by atoms with Gasteiger partial charge in [-0.25, -0.2) is 0 Å². The van der Waals surface area contributed by atoms with Gasteiger partial charge in [-0.05, 0) is 6.92 Å². The van der Waals surface area contributed by atoms with E-state index in [-0.39, 0.29) is 18.9 Å². The van der Waals surface area contributed by atoms with Gasteiger partial charge in [0.15, 0.2) is 0 Å². The summed E-state index contributed by atoms with van der Waals surface area (Å²) in [6, 6.07) is -0.659. The first-order chi connectivity index (χ1) is 5.99. The predicted octanol–water partition coefficient (Wildman–Crippen LogP) is -0.824. The monoisotopic (exact) mass is 184 g/mol. The lowest BCUT2D eigenvalue weighted by Crippen LogP contribution is -2.43. The van der Waals surface area contributed by atoms with Gasteiger partial charge >= 0.3 is 0 Å². The molecule has 4 heteroatoms. The number of hydrogen-bond donors (Lipinski definition) is 2. The number of carbonyl (C=O) groups excluding carboxylic acids is 1. The second kappa shape index (κ2) is 5.57. The van der Waals surface area contributed by atoms with Crippen molar-refractivity contribution in [3.63, 3.8) is 0 Å². The average molecular weight is 184 g/mol. The van der Waals surface area contributed by atoms with Crippen molar-refractivity contribution in [3.8, 4) is 12.3 Å². The molecule has 3 N–H and O–H groups in total. The number of hydrogen-bond acceptors (Lipinski definition) is 3. The summed E-state index contributed by atoms with van der Waals surface area (Å²) in [5, 5.41) is 9.01. The molecular weight excluding hydrogens is 168 g/mol. The van der Waals surface area contributed by atoms with Crippen LogP contribution in [0.5, 0.6) is 0 Å². The highest BCUT2D eigenvalue weighted by Gasteiger charge is 2.17. The van der Waals surface area contributed by atoms with E-state index >= 15 is 0 Å². The topological polar surface area (TPSA) is 66.6 Å². The Kier molecular flexibility index (Phi) is 5.12. The van der Waals surface area contributed by atoms with Gasteiger partial charge < -0.3 is 15.7 Å². The Bertz CT molecular complexity index is 208. The second-order valence-electron chi connectivity index (χ2n) is 3.08. The Morgan fingerprint density at radius 3 is 2.69 bits per heavy atom. The SMILES string of the molecule is C#CCC(N)C(=O)N(C)CC(C)O. The zero-order valence-electron chi connectivity index (χ0n) is 8.03. The molecule has 4 nitrogen and oxygen atoms in total. The summed E-state index contributed by atoms with van der Waals surface area (Å²) >= 11 is 0. The van der Waals surface area contributed by atoms with Crippen molar-refractivity contribution in [3.05, 3.63) is 0 Å². The van der Waals surface area contributed by atoms with E-state index in [9.17, 15) is 4.79 Å².